The fourth-order valence-electron chi connectivity index (χ4n) is 6.26. The van der Waals surface area contributed by atoms with E-state index in [0.29, 0.717) is 0 Å². The Morgan fingerprint density at radius 1 is 0.757 bits per heavy atom. The second-order valence-corrected chi connectivity index (χ2v) is 11.3. The standard InChI is InChI=1S/C35H42O2/c1-2-3-4-5-6-8-11-27-22-30-20-21-31(24-33(30)23-27)28-17-14-26(15-18-28)16-19-32-25-34(37-35(32)36)29-12-9-7-10-13-29/h7,9-10,12-15,17-18,20-21,24,27,32,34H,2-6,8,11,16,19,22-23,25H2,1H3. The van der Waals surface area contributed by atoms with E-state index in [-0.39, 0.29) is 18.0 Å². The summed E-state index contributed by atoms with van der Waals surface area (Å²) in [5.74, 6) is 0.784. The van der Waals surface area contributed by atoms with Crippen LogP contribution in [0.25, 0.3) is 11.1 Å². The van der Waals surface area contributed by atoms with Gasteiger partial charge in [0.05, 0.1) is 5.92 Å². The highest BCUT2D eigenvalue weighted by atomic mass is 16.6. The van der Waals surface area contributed by atoms with Gasteiger partial charge in [-0.05, 0) is 71.4 Å². The normalized spacial score (nSPS) is 20.7. The molecule has 0 radical (unpaired) electrons. The molecule has 0 N–H and O–H groups in total. The molecular formula is C35H42O2. The van der Waals surface area contributed by atoms with E-state index in [1.807, 2.05) is 30.3 Å². The van der Waals surface area contributed by atoms with Crippen LogP contribution < -0.4 is 0 Å². The van der Waals surface area contributed by atoms with E-state index in [0.717, 1.165) is 30.7 Å². The van der Waals surface area contributed by atoms with Crippen molar-refractivity contribution in [3.05, 3.63) is 95.1 Å². The Bertz CT molecular complexity index is 1150. The van der Waals surface area contributed by atoms with E-state index >= 15 is 0 Å². The molecule has 1 heterocycles. The Labute approximate surface area is 223 Å². The zero-order chi connectivity index (χ0) is 25.5. The Balaban J connectivity index is 1.10. The maximum atomic E-state index is 12.4. The van der Waals surface area contributed by atoms with Crippen LogP contribution in [-0.2, 0) is 28.8 Å². The van der Waals surface area contributed by atoms with Gasteiger partial charge in [0.2, 0.25) is 0 Å². The number of carbonyl (C=O) groups is 1. The van der Waals surface area contributed by atoms with Crippen LogP contribution in [0.4, 0.5) is 0 Å². The van der Waals surface area contributed by atoms with Crippen LogP contribution in [-0.4, -0.2) is 5.97 Å². The number of hydrogen-bond acceptors (Lipinski definition) is 2. The van der Waals surface area contributed by atoms with E-state index in [9.17, 15) is 4.79 Å². The summed E-state index contributed by atoms with van der Waals surface area (Å²) < 4.78 is 5.67. The predicted molar refractivity (Wildman–Crippen MR) is 152 cm³/mol. The van der Waals surface area contributed by atoms with Crippen molar-refractivity contribution in [1.82, 2.24) is 0 Å². The molecule has 0 amide bonds. The molecule has 37 heavy (non-hydrogen) atoms. The Morgan fingerprint density at radius 2 is 1.49 bits per heavy atom. The van der Waals surface area contributed by atoms with Gasteiger partial charge in [-0.2, -0.15) is 0 Å². The number of rotatable bonds is 12. The minimum Gasteiger partial charge on any atom is -0.457 e. The Kier molecular flexibility index (Phi) is 8.76. The van der Waals surface area contributed by atoms with Crippen LogP contribution in [0, 0.1) is 11.8 Å². The van der Waals surface area contributed by atoms with E-state index in [1.54, 1.807) is 11.1 Å². The van der Waals surface area contributed by atoms with Gasteiger partial charge in [-0.25, -0.2) is 0 Å². The minimum atomic E-state index is -0.0914. The number of cyclic esters (lactones) is 1. The van der Waals surface area contributed by atoms with E-state index in [1.165, 1.54) is 74.5 Å². The first-order valence-electron chi connectivity index (χ1n) is 14.7. The summed E-state index contributed by atoms with van der Waals surface area (Å²) in [7, 11) is 0. The molecule has 0 aromatic heterocycles. The third-order valence-corrected chi connectivity index (χ3v) is 8.52. The number of hydrogen-bond donors (Lipinski definition) is 0. The van der Waals surface area contributed by atoms with Gasteiger partial charge >= 0.3 is 5.97 Å². The fraction of sp³-hybridized carbons (Fsp3) is 0.457. The molecule has 2 aliphatic rings. The van der Waals surface area contributed by atoms with Crippen LogP contribution in [0.2, 0.25) is 0 Å². The SMILES string of the molecule is CCCCCCCCC1Cc2ccc(-c3ccc(CCC4CC(c5ccccc5)OC4=O)cc3)cc2C1. The molecule has 0 saturated carbocycles. The van der Waals surface area contributed by atoms with Crippen LogP contribution in [0.1, 0.15) is 93.1 Å². The topological polar surface area (TPSA) is 26.3 Å². The second-order valence-electron chi connectivity index (χ2n) is 11.3. The third-order valence-electron chi connectivity index (χ3n) is 8.52. The molecular weight excluding hydrogens is 452 g/mol. The molecule has 1 aliphatic carbocycles. The lowest BCUT2D eigenvalue weighted by Crippen LogP contribution is -2.08. The van der Waals surface area contributed by atoms with Crippen molar-refractivity contribution < 1.29 is 9.53 Å². The first-order valence-corrected chi connectivity index (χ1v) is 14.7. The molecule has 194 valence electrons. The average molecular weight is 495 g/mol. The summed E-state index contributed by atoms with van der Waals surface area (Å²) in [4.78, 5) is 12.4. The van der Waals surface area contributed by atoms with Gasteiger partial charge in [0.1, 0.15) is 6.10 Å². The molecule has 1 fully saturated rings. The maximum absolute atomic E-state index is 12.4. The van der Waals surface area contributed by atoms with Crippen molar-refractivity contribution in [3.63, 3.8) is 0 Å². The van der Waals surface area contributed by atoms with Gasteiger partial charge in [-0.3, -0.25) is 4.79 Å². The molecule has 0 spiro atoms. The van der Waals surface area contributed by atoms with Crippen molar-refractivity contribution in [2.45, 2.75) is 90.1 Å². The van der Waals surface area contributed by atoms with Crippen molar-refractivity contribution in [1.29, 1.82) is 0 Å². The third kappa shape index (κ3) is 6.72. The molecule has 1 aliphatic heterocycles. The summed E-state index contributed by atoms with van der Waals surface area (Å²) in [5, 5.41) is 0. The van der Waals surface area contributed by atoms with Crippen molar-refractivity contribution in [3.8, 4) is 11.1 Å². The largest absolute Gasteiger partial charge is 0.457 e. The molecule has 5 rings (SSSR count). The predicted octanol–water partition coefficient (Wildman–Crippen LogP) is 9.06. The first-order chi connectivity index (χ1) is 18.2. The van der Waals surface area contributed by atoms with Gasteiger partial charge in [0, 0.05) is 6.42 Å². The highest BCUT2D eigenvalue weighted by Gasteiger charge is 2.34. The lowest BCUT2D eigenvalue weighted by molar-refractivity contribution is -0.144. The summed E-state index contributed by atoms with van der Waals surface area (Å²) in [6.45, 7) is 2.29. The van der Waals surface area contributed by atoms with Gasteiger partial charge < -0.3 is 4.74 Å². The summed E-state index contributed by atoms with van der Waals surface area (Å²) in [6.07, 6.45) is 14.7. The van der Waals surface area contributed by atoms with Crippen LogP contribution in [0.3, 0.4) is 0 Å². The van der Waals surface area contributed by atoms with Crippen molar-refractivity contribution in [2.75, 3.05) is 0 Å². The number of fused-ring (bicyclic) bond motifs is 1. The fourth-order valence-corrected chi connectivity index (χ4v) is 6.26. The molecule has 1 saturated heterocycles. The molecule has 2 heteroatoms. The minimum absolute atomic E-state index is 0.00844. The van der Waals surface area contributed by atoms with E-state index < -0.39 is 0 Å². The molecule has 3 unspecified atom stereocenters. The van der Waals surface area contributed by atoms with Crippen molar-refractivity contribution >= 4 is 5.97 Å². The first kappa shape index (κ1) is 25.8. The maximum Gasteiger partial charge on any atom is 0.309 e. The van der Waals surface area contributed by atoms with E-state index in [2.05, 4.69) is 49.4 Å². The highest BCUT2D eigenvalue weighted by molar-refractivity contribution is 5.75. The van der Waals surface area contributed by atoms with Crippen LogP contribution >= 0.6 is 0 Å². The average Bonchev–Trinajstić information content (AvgIpc) is 3.52. The lowest BCUT2D eigenvalue weighted by atomic mass is 9.93. The van der Waals surface area contributed by atoms with Gasteiger partial charge in [0.25, 0.3) is 0 Å². The van der Waals surface area contributed by atoms with Gasteiger partial charge in [-0.15, -0.1) is 0 Å². The molecule has 3 aromatic carbocycles. The number of unbranched alkanes of at least 4 members (excludes halogenated alkanes) is 5. The van der Waals surface area contributed by atoms with Gasteiger partial charge in [0.15, 0.2) is 0 Å². The molecule has 3 atom stereocenters. The van der Waals surface area contributed by atoms with Crippen molar-refractivity contribution in [2.24, 2.45) is 11.8 Å². The number of carbonyl (C=O) groups excluding carboxylic acids is 1. The summed E-state index contributed by atoms with van der Waals surface area (Å²) >= 11 is 0. The highest BCUT2D eigenvalue weighted by Crippen LogP contribution is 2.36. The molecule has 2 nitrogen and oxygen atoms in total. The quantitative estimate of drug-likeness (QED) is 0.185. The lowest BCUT2D eigenvalue weighted by Gasteiger charge is -2.09. The summed E-state index contributed by atoms with van der Waals surface area (Å²) in [5.41, 5.74) is 8.13. The number of aryl methyl sites for hydroxylation is 1. The Hall–Kier alpha value is -2.87. The number of ether oxygens (including phenoxy) is 1. The summed E-state index contributed by atoms with van der Waals surface area (Å²) in [6, 6.07) is 26.2. The number of benzene rings is 3. The Morgan fingerprint density at radius 3 is 2.30 bits per heavy atom. The zero-order valence-corrected chi connectivity index (χ0v) is 22.5. The molecule has 3 aromatic rings. The van der Waals surface area contributed by atoms with Crippen LogP contribution in [0.5, 0.6) is 0 Å². The van der Waals surface area contributed by atoms with E-state index in [4.69, 9.17) is 4.74 Å². The molecule has 0 bridgehead atoms. The van der Waals surface area contributed by atoms with Gasteiger partial charge in [-0.1, -0.05) is 118 Å². The monoisotopic (exact) mass is 494 g/mol. The second kappa shape index (κ2) is 12.6. The smallest absolute Gasteiger partial charge is 0.309 e. The number of esters is 1. The zero-order valence-electron chi connectivity index (χ0n) is 22.5. The van der Waals surface area contributed by atoms with Crippen LogP contribution in [0.15, 0.2) is 72.8 Å².